The van der Waals surface area contributed by atoms with E-state index in [4.69, 9.17) is 15.2 Å². The molecule has 0 bridgehead atoms. The maximum Gasteiger partial charge on any atom is 0.130 e. The van der Waals surface area contributed by atoms with Gasteiger partial charge in [-0.3, -0.25) is 0 Å². The zero-order chi connectivity index (χ0) is 13.9. The second-order valence-electron chi connectivity index (χ2n) is 5.01. The third-order valence-corrected chi connectivity index (χ3v) is 3.78. The maximum atomic E-state index is 6.09. The molecule has 0 radical (unpaired) electrons. The van der Waals surface area contributed by atoms with E-state index < -0.39 is 0 Å². The highest BCUT2D eigenvalue weighted by Gasteiger charge is 2.22. The van der Waals surface area contributed by atoms with Gasteiger partial charge in [0.15, 0.2) is 0 Å². The van der Waals surface area contributed by atoms with Crippen LogP contribution >= 0.6 is 0 Å². The predicted octanol–water partition coefficient (Wildman–Crippen LogP) is 3.01. The van der Waals surface area contributed by atoms with Crippen molar-refractivity contribution in [2.75, 3.05) is 13.7 Å². The van der Waals surface area contributed by atoms with E-state index in [1.165, 1.54) is 5.56 Å². The molecule has 3 nitrogen and oxygen atoms in total. The van der Waals surface area contributed by atoms with Crippen LogP contribution < -0.4 is 15.2 Å². The molecule has 0 saturated heterocycles. The Labute approximate surface area is 119 Å². The van der Waals surface area contributed by atoms with Gasteiger partial charge in [-0.05, 0) is 24.5 Å². The normalized spacial score (nSPS) is 17.2. The van der Waals surface area contributed by atoms with Gasteiger partial charge in [0.05, 0.1) is 7.11 Å². The molecule has 0 aliphatic carbocycles. The fourth-order valence-corrected chi connectivity index (χ4v) is 2.71. The quantitative estimate of drug-likeness (QED) is 0.931. The summed E-state index contributed by atoms with van der Waals surface area (Å²) in [5.41, 5.74) is 9.15. The van der Waals surface area contributed by atoms with Crippen molar-refractivity contribution in [1.82, 2.24) is 0 Å². The van der Waals surface area contributed by atoms with Crippen molar-refractivity contribution >= 4 is 0 Å². The summed E-state index contributed by atoms with van der Waals surface area (Å²) in [4.78, 5) is 0. The fourth-order valence-electron chi connectivity index (χ4n) is 2.71. The summed E-state index contributed by atoms with van der Waals surface area (Å²) in [5.74, 6) is 1.82. The number of hydrogen-bond donors (Lipinski definition) is 1. The molecule has 1 aliphatic rings. The van der Waals surface area contributed by atoms with Crippen molar-refractivity contribution in [3.63, 3.8) is 0 Å². The van der Waals surface area contributed by atoms with Crippen molar-refractivity contribution in [3.8, 4) is 22.6 Å². The van der Waals surface area contributed by atoms with Gasteiger partial charge in [-0.1, -0.05) is 36.4 Å². The van der Waals surface area contributed by atoms with E-state index in [1.807, 2.05) is 18.2 Å². The topological polar surface area (TPSA) is 44.5 Å². The average molecular weight is 269 g/mol. The van der Waals surface area contributed by atoms with Gasteiger partial charge in [-0.25, -0.2) is 0 Å². The smallest absolute Gasteiger partial charge is 0.130 e. The van der Waals surface area contributed by atoms with Crippen molar-refractivity contribution in [3.05, 3.63) is 48.0 Å². The van der Waals surface area contributed by atoms with Crippen LogP contribution in [0.4, 0.5) is 0 Å². The van der Waals surface area contributed by atoms with E-state index in [0.717, 1.165) is 35.5 Å². The van der Waals surface area contributed by atoms with Crippen LogP contribution in [0.3, 0.4) is 0 Å². The second-order valence-corrected chi connectivity index (χ2v) is 5.01. The molecule has 1 atom stereocenters. The monoisotopic (exact) mass is 269 g/mol. The van der Waals surface area contributed by atoms with Crippen molar-refractivity contribution < 1.29 is 9.47 Å². The van der Waals surface area contributed by atoms with Gasteiger partial charge in [0.25, 0.3) is 0 Å². The molecule has 1 aliphatic heterocycles. The van der Waals surface area contributed by atoms with Crippen LogP contribution in [-0.2, 0) is 6.42 Å². The number of methoxy groups -OCH3 is 1. The lowest BCUT2D eigenvalue weighted by molar-refractivity contribution is 0.182. The van der Waals surface area contributed by atoms with Crippen LogP contribution in [0.2, 0.25) is 0 Å². The number of aryl methyl sites for hydroxylation is 1. The van der Waals surface area contributed by atoms with Gasteiger partial charge in [0, 0.05) is 17.7 Å². The van der Waals surface area contributed by atoms with Gasteiger partial charge >= 0.3 is 0 Å². The molecule has 2 aromatic rings. The lowest BCUT2D eigenvalue weighted by atomic mass is 9.95. The van der Waals surface area contributed by atoms with Crippen LogP contribution in [0.1, 0.15) is 12.0 Å². The van der Waals surface area contributed by atoms with Gasteiger partial charge in [-0.2, -0.15) is 0 Å². The van der Waals surface area contributed by atoms with E-state index >= 15 is 0 Å². The van der Waals surface area contributed by atoms with Crippen LogP contribution in [-0.4, -0.2) is 19.8 Å². The highest BCUT2D eigenvalue weighted by molar-refractivity contribution is 5.77. The summed E-state index contributed by atoms with van der Waals surface area (Å²) < 4.78 is 11.5. The van der Waals surface area contributed by atoms with E-state index in [1.54, 1.807) is 7.11 Å². The van der Waals surface area contributed by atoms with Gasteiger partial charge < -0.3 is 15.2 Å². The number of ether oxygens (including phenoxy) is 2. The zero-order valence-electron chi connectivity index (χ0n) is 11.6. The molecule has 1 heterocycles. The molecule has 2 N–H and O–H groups in total. The summed E-state index contributed by atoms with van der Waals surface area (Å²) >= 11 is 0. The lowest BCUT2D eigenvalue weighted by Gasteiger charge is -2.27. The lowest BCUT2D eigenvalue weighted by Crippen LogP contribution is -2.30. The molecule has 0 amide bonds. The van der Waals surface area contributed by atoms with Crippen LogP contribution in [0.25, 0.3) is 11.1 Å². The third kappa shape index (κ3) is 2.25. The number of para-hydroxylation sites is 2. The summed E-state index contributed by atoms with van der Waals surface area (Å²) in [6.07, 6.45) is 2.11. The Morgan fingerprint density at radius 1 is 1.15 bits per heavy atom. The molecule has 3 rings (SSSR count). The molecule has 0 saturated carbocycles. The molecule has 0 unspecified atom stereocenters. The first-order valence-corrected chi connectivity index (χ1v) is 6.95. The molecular formula is C17H19NO2. The summed E-state index contributed by atoms with van der Waals surface area (Å²) in [6, 6.07) is 14.3. The van der Waals surface area contributed by atoms with Crippen LogP contribution in [0, 0.1) is 0 Å². The summed E-state index contributed by atoms with van der Waals surface area (Å²) in [5, 5.41) is 0. The first-order chi connectivity index (χ1) is 9.83. The van der Waals surface area contributed by atoms with E-state index in [-0.39, 0.29) is 6.10 Å². The molecule has 0 spiro atoms. The number of rotatable bonds is 3. The van der Waals surface area contributed by atoms with Crippen LogP contribution in [0.5, 0.6) is 11.5 Å². The SMILES string of the molecule is COc1ccccc1-c1cccc2c1O[C@H](CN)CC2. The van der Waals surface area contributed by atoms with Crippen molar-refractivity contribution in [2.45, 2.75) is 18.9 Å². The number of nitrogens with two attached hydrogens (primary N) is 1. The van der Waals surface area contributed by atoms with Gasteiger partial charge in [-0.15, -0.1) is 0 Å². The highest BCUT2D eigenvalue weighted by Crippen LogP contribution is 2.41. The fraction of sp³-hybridized carbons (Fsp3) is 0.294. The number of fused-ring (bicyclic) bond motifs is 1. The molecule has 0 aromatic heterocycles. The summed E-state index contributed by atoms with van der Waals surface area (Å²) in [7, 11) is 1.69. The minimum Gasteiger partial charge on any atom is -0.496 e. The molecule has 104 valence electrons. The zero-order valence-corrected chi connectivity index (χ0v) is 11.6. The Balaban J connectivity index is 2.11. The molecular weight excluding hydrogens is 250 g/mol. The van der Waals surface area contributed by atoms with Gasteiger partial charge in [0.2, 0.25) is 0 Å². The molecule has 0 fully saturated rings. The Hall–Kier alpha value is -2.00. The number of hydrogen-bond acceptors (Lipinski definition) is 3. The summed E-state index contributed by atoms with van der Waals surface area (Å²) in [6.45, 7) is 0.555. The first-order valence-electron chi connectivity index (χ1n) is 6.95. The highest BCUT2D eigenvalue weighted by atomic mass is 16.5. The maximum absolute atomic E-state index is 6.09. The minimum absolute atomic E-state index is 0.110. The Morgan fingerprint density at radius 2 is 1.95 bits per heavy atom. The predicted molar refractivity (Wildman–Crippen MR) is 80.2 cm³/mol. The van der Waals surface area contributed by atoms with Crippen LogP contribution in [0.15, 0.2) is 42.5 Å². The van der Waals surface area contributed by atoms with E-state index in [9.17, 15) is 0 Å². The molecule has 20 heavy (non-hydrogen) atoms. The second kappa shape index (κ2) is 5.55. The standard InChI is InChI=1S/C17H19NO2/c1-19-16-8-3-2-6-14(16)15-7-4-5-12-9-10-13(11-18)20-17(12)15/h2-8,13H,9-11,18H2,1H3/t13-/m0/s1. The van der Waals surface area contributed by atoms with Crippen molar-refractivity contribution in [1.29, 1.82) is 0 Å². The largest absolute Gasteiger partial charge is 0.496 e. The molecule has 3 heteroatoms. The first kappa shape index (κ1) is 13.0. The molecule has 2 aromatic carbocycles. The van der Waals surface area contributed by atoms with Gasteiger partial charge in [0.1, 0.15) is 17.6 Å². The minimum atomic E-state index is 0.110. The Morgan fingerprint density at radius 3 is 2.75 bits per heavy atom. The van der Waals surface area contributed by atoms with Crippen molar-refractivity contribution in [2.24, 2.45) is 5.73 Å². The average Bonchev–Trinajstić information content (AvgIpc) is 2.53. The van der Waals surface area contributed by atoms with E-state index in [2.05, 4.69) is 24.3 Å². The number of benzene rings is 2. The third-order valence-electron chi connectivity index (χ3n) is 3.78. The Bertz CT molecular complexity index is 610. The Kier molecular flexibility index (Phi) is 3.61. The van der Waals surface area contributed by atoms with E-state index in [0.29, 0.717) is 6.54 Å².